The van der Waals surface area contributed by atoms with Gasteiger partial charge in [-0.15, -0.1) is 0 Å². The zero-order valence-corrected chi connectivity index (χ0v) is 11.4. The van der Waals surface area contributed by atoms with E-state index in [1.807, 2.05) is 18.2 Å². The van der Waals surface area contributed by atoms with Gasteiger partial charge < -0.3 is 0 Å². The summed E-state index contributed by atoms with van der Waals surface area (Å²) in [6.45, 7) is 0. The topological polar surface area (TPSA) is 30.0 Å². The van der Waals surface area contributed by atoms with Crippen LogP contribution in [0.3, 0.4) is 0 Å². The Kier molecular flexibility index (Phi) is 3.65. The third kappa shape index (κ3) is 2.87. The smallest absolute Gasteiger partial charge is 0.195 e. The summed E-state index contributed by atoms with van der Waals surface area (Å²) in [5, 5.41) is 0.999. The normalized spacial score (nSPS) is 17.2. The van der Waals surface area contributed by atoms with Crippen LogP contribution in [-0.4, -0.2) is 10.1 Å². The van der Waals surface area contributed by atoms with Crippen molar-refractivity contribution in [1.82, 2.24) is 4.98 Å². The van der Waals surface area contributed by atoms with E-state index in [1.165, 1.54) is 22.9 Å². The van der Waals surface area contributed by atoms with E-state index in [-0.39, 0.29) is 5.12 Å². The number of carbonyl (C=O) groups excluding carboxylic acids is 1. The molecule has 3 rings (SSSR count). The Labute approximate surface area is 117 Å². The molecular weight excluding hydrogens is 254 g/mol. The number of carbonyl (C=O) groups is 1. The van der Waals surface area contributed by atoms with E-state index in [0.717, 1.165) is 17.9 Å². The lowest BCUT2D eigenvalue weighted by Crippen LogP contribution is -2.01. The lowest BCUT2D eigenvalue weighted by Gasteiger charge is -2.09. The van der Waals surface area contributed by atoms with Crippen LogP contribution >= 0.6 is 11.8 Å². The number of aromatic nitrogens is 1. The predicted molar refractivity (Wildman–Crippen MR) is 77.2 cm³/mol. The molecule has 0 bridgehead atoms. The van der Waals surface area contributed by atoms with Crippen LogP contribution in [-0.2, 0) is 11.2 Å². The molecular formula is C16H15NOS. The van der Waals surface area contributed by atoms with E-state index in [2.05, 4.69) is 29.2 Å². The second-order valence-electron chi connectivity index (χ2n) is 4.78. The van der Waals surface area contributed by atoms with E-state index in [1.54, 1.807) is 6.20 Å². The molecule has 0 saturated heterocycles. The number of fused-ring (bicyclic) bond motifs is 1. The van der Waals surface area contributed by atoms with Gasteiger partial charge in [-0.3, -0.25) is 4.79 Å². The minimum Gasteiger partial charge on any atom is -0.287 e. The molecule has 96 valence electrons. The van der Waals surface area contributed by atoms with Crippen LogP contribution in [0.2, 0.25) is 0 Å². The second-order valence-corrected chi connectivity index (χ2v) is 5.86. The highest BCUT2D eigenvalue weighted by Gasteiger charge is 2.24. The average Bonchev–Trinajstić information content (AvgIpc) is 2.83. The fourth-order valence-corrected chi connectivity index (χ4v) is 3.40. The lowest BCUT2D eigenvalue weighted by atomic mass is 9.99. The molecule has 19 heavy (non-hydrogen) atoms. The van der Waals surface area contributed by atoms with Crippen LogP contribution < -0.4 is 0 Å². The standard InChI is InChI=1S/C16H15NOS/c18-16(19-15-7-3-4-10-17-15)11-13-9-8-12-5-1-2-6-14(12)13/h1-7,10,13H,8-9,11H2. The minimum atomic E-state index is 0.209. The van der Waals surface area contributed by atoms with E-state index in [0.29, 0.717) is 12.3 Å². The maximum atomic E-state index is 12.1. The molecule has 1 aromatic carbocycles. The quantitative estimate of drug-likeness (QED) is 0.793. The summed E-state index contributed by atoms with van der Waals surface area (Å²) in [5.74, 6) is 0.389. The van der Waals surface area contributed by atoms with Crippen molar-refractivity contribution in [3.8, 4) is 0 Å². The zero-order chi connectivity index (χ0) is 13.1. The first kappa shape index (κ1) is 12.4. The van der Waals surface area contributed by atoms with Crippen molar-refractivity contribution in [3.05, 3.63) is 59.8 Å². The van der Waals surface area contributed by atoms with Crippen LogP contribution in [0.15, 0.2) is 53.7 Å². The first-order valence-electron chi connectivity index (χ1n) is 6.52. The van der Waals surface area contributed by atoms with Crippen molar-refractivity contribution >= 4 is 16.9 Å². The molecule has 0 N–H and O–H groups in total. The van der Waals surface area contributed by atoms with Crippen LogP contribution in [0.4, 0.5) is 0 Å². The number of hydrogen-bond acceptors (Lipinski definition) is 3. The molecule has 0 amide bonds. The third-order valence-electron chi connectivity index (χ3n) is 3.53. The molecule has 3 heteroatoms. The highest BCUT2D eigenvalue weighted by Crippen LogP contribution is 2.36. The maximum absolute atomic E-state index is 12.1. The van der Waals surface area contributed by atoms with Crippen molar-refractivity contribution in [2.45, 2.75) is 30.2 Å². The first-order chi connectivity index (χ1) is 9.33. The Balaban J connectivity index is 1.65. The number of aryl methyl sites for hydroxylation is 1. The van der Waals surface area contributed by atoms with Gasteiger partial charge in [-0.1, -0.05) is 30.3 Å². The number of nitrogens with zero attached hydrogens (tertiary/aromatic N) is 1. The minimum absolute atomic E-state index is 0.209. The van der Waals surface area contributed by atoms with Crippen molar-refractivity contribution in [2.24, 2.45) is 0 Å². The number of rotatable bonds is 3. The van der Waals surface area contributed by atoms with Crippen molar-refractivity contribution < 1.29 is 4.79 Å². The van der Waals surface area contributed by atoms with Gasteiger partial charge in [0, 0.05) is 12.6 Å². The summed E-state index contributed by atoms with van der Waals surface area (Å²) in [6.07, 6.45) is 4.52. The van der Waals surface area contributed by atoms with Gasteiger partial charge in [-0.05, 0) is 53.8 Å². The predicted octanol–water partition coefficient (Wildman–Crippen LogP) is 3.82. The summed E-state index contributed by atoms with van der Waals surface area (Å²) in [4.78, 5) is 16.3. The third-order valence-corrected chi connectivity index (χ3v) is 4.37. The van der Waals surface area contributed by atoms with Gasteiger partial charge in [0.25, 0.3) is 0 Å². The number of thioether (sulfide) groups is 1. The Morgan fingerprint density at radius 3 is 2.89 bits per heavy atom. The van der Waals surface area contributed by atoms with Crippen molar-refractivity contribution in [2.75, 3.05) is 0 Å². The summed E-state index contributed by atoms with van der Waals surface area (Å²) in [7, 11) is 0. The fourth-order valence-electron chi connectivity index (χ4n) is 2.62. The van der Waals surface area contributed by atoms with Gasteiger partial charge in [0.05, 0.1) is 0 Å². The molecule has 0 radical (unpaired) electrons. The molecule has 1 heterocycles. The average molecular weight is 269 g/mol. The Morgan fingerprint density at radius 2 is 2.05 bits per heavy atom. The molecule has 2 nitrogen and oxygen atoms in total. The van der Waals surface area contributed by atoms with Crippen LogP contribution in [0, 0.1) is 0 Å². The maximum Gasteiger partial charge on any atom is 0.195 e. The molecule has 0 fully saturated rings. The van der Waals surface area contributed by atoms with Crippen molar-refractivity contribution in [1.29, 1.82) is 0 Å². The van der Waals surface area contributed by atoms with Crippen LogP contribution in [0.5, 0.6) is 0 Å². The van der Waals surface area contributed by atoms with Gasteiger partial charge in [0.1, 0.15) is 5.03 Å². The lowest BCUT2D eigenvalue weighted by molar-refractivity contribution is -0.111. The molecule has 2 aromatic rings. The fraction of sp³-hybridized carbons (Fsp3) is 0.250. The van der Waals surface area contributed by atoms with Crippen LogP contribution in [0.1, 0.15) is 29.9 Å². The van der Waals surface area contributed by atoms with Crippen LogP contribution in [0.25, 0.3) is 0 Å². The SMILES string of the molecule is O=C(CC1CCc2ccccc21)Sc1ccccn1. The molecule has 1 unspecified atom stereocenters. The van der Waals surface area contributed by atoms with Gasteiger partial charge >= 0.3 is 0 Å². The molecule has 0 spiro atoms. The largest absolute Gasteiger partial charge is 0.287 e. The van der Waals surface area contributed by atoms with Gasteiger partial charge in [0.2, 0.25) is 0 Å². The summed E-state index contributed by atoms with van der Waals surface area (Å²) >= 11 is 1.26. The highest BCUT2D eigenvalue weighted by molar-refractivity contribution is 8.13. The molecule has 0 saturated carbocycles. The highest BCUT2D eigenvalue weighted by atomic mass is 32.2. The number of hydrogen-bond donors (Lipinski definition) is 0. The Hall–Kier alpha value is -1.61. The van der Waals surface area contributed by atoms with E-state index >= 15 is 0 Å². The summed E-state index contributed by atoms with van der Waals surface area (Å²) < 4.78 is 0. The number of pyridine rings is 1. The molecule has 1 aromatic heterocycles. The first-order valence-corrected chi connectivity index (χ1v) is 7.34. The molecule has 1 aliphatic carbocycles. The van der Waals surface area contributed by atoms with E-state index in [4.69, 9.17) is 0 Å². The summed E-state index contributed by atoms with van der Waals surface area (Å²) in [6, 6.07) is 14.1. The molecule has 1 atom stereocenters. The Morgan fingerprint density at radius 1 is 1.21 bits per heavy atom. The Bertz CT molecular complexity index is 582. The van der Waals surface area contributed by atoms with Gasteiger partial charge in [-0.2, -0.15) is 0 Å². The summed E-state index contributed by atoms with van der Waals surface area (Å²) in [5.41, 5.74) is 2.76. The number of benzene rings is 1. The van der Waals surface area contributed by atoms with E-state index in [9.17, 15) is 4.79 Å². The molecule has 0 aliphatic heterocycles. The molecule has 1 aliphatic rings. The van der Waals surface area contributed by atoms with Gasteiger partial charge in [-0.25, -0.2) is 4.98 Å². The zero-order valence-electron chi connectivity index (χ0n) is 10.6. The van der Waals surface area contributed by atoms with Gasteiger partial charge in [0.15, 0.2) is 5.12 Å². The second kappa shape index (κ2) is 5.57. The van der Waals surface area contributed by atoms with E-state index < -0.39 is 0 Å². The van der Waals surface area contributed by atoms with Crippen molar-refractivity contribution in [3.63, 3.8) is 0 Å². The monoisotopic (exact) mass is 269 g/mol.